The van der Waals surface area contributed by atoms with Gasteiger partial charge in [-0.2, -0.15) is 0 Å². The van der Waals surface area contributed by atoms with Gasteiger partial charge in [0.15, 0.2) is 0 Å². The van der Waals surface area contributed by atoms with Crippen molar-refractivity contribution in [3.05, 3.63) is 0 Å². The molecule has 0 aliphatic heterocycles. The second-order valence-corrected chi connectivity index (χ2v) is 12.6. The van der Waals surface area contributed by atoms with E-state index in [1.54, 1.807) is 7.11 Å². The number of likely N-dealkylation sites (N-methyl/N-ethyl adjacent to an activating group) is 1. The molecule has 0 aliphatic rings. The first-order valence-corrected chi connectivity index (χ1v) is 16.2. The maximum absolute atomic E-state index is 11.8. The zero-order chi connectivity index (χ0) is 27.0. The number of phosphoric ester groups is 1. The fourth-order valence-electron chi connectivity index (χ4n) is 4.00. The Labute approximate surface area is 223 Å². The van der Waals surface area contributed by atoms with Gasteiger partial charge in [-0.1, -0.05) is 103 Å². The Morgan fingerprint density at radius 2 is 1.14 bits per heavy atom. The zero-order valence-electron chi connectivity index (χ0n) is 24.5. The fraction of sp³-hybridized carbons (Fsp3) is 1.00. The number of ether oxygens (including phenoxy) is 2. The number of methoxy groups -OCH3 is 1. The Bertz CT molecular complexity index is 515. The monoisotopic (exact) mass is 537 g/mol. The van der Waals surface area contributed by atoms with Gasteiger partial charge in [0.2, 0.25) is 0 Å². The summed E-state index contributed by atoms with van der Waals surface area (Å²) in [6.45, 7) is 4.17. The Balaban J connectivity index is 3.48. The van der Waals surface area contributed by atoms with Crippen LogP contribution in [0.3, 0.4) is 0 Å². The molecule has 7 nitrogen and oxygen atoms in total. The molecule has 218 valence electrons. The molecular formula is C28H60NO6P. The predicted molar refractivity (Wildman–Crippen MR) is 148 cm³/mol. The van der Waals surface area contributed by atoms with Gasteiger partial charge in [0, 0.05) is 13.7 Å². The average molecular weight is 538 g/mol. The first kappa shape index (κ1) is 36.0. The molecule has 0 saturated heterocycles. The molecule has 0 bridgehead atoms. The Hall–Kier alpha value is -0.0100. The van der Waals surface area contributed by atoms with Gasteiger partial charge in [-0.3, -0.25) is 4.57 Å². The van der Waals surface area contributed by atoms with Crippen molar-refractivity contribution >= 4 is 7.82 Å². The van der Waals surface area contributed by atoms with E-state index in [9.17, 15) is 9.46 Å². The van der Waals surface area contributed by atoms with Crippen molar-refractivity contribution < 1.29 is 32.5 Å². The van der Waals surface area contributed by atoms with Crippen LogP contribution < -0.4 is 4.89 Å². The summed E-state index contributed by atoms with van der Waals surface area (Å²) < 4.78 is 33.4. The maximum atomic E-state index is 11.8. The van der Waals surface area contributed by atoms with Gasteiger partial charge in [-0.25, -0.2) is 0 Å². The summed E-state index contributed by atoms with van der Waals surface area (Å²) in [5.41, 5.74) is 0. The summed E-state index contributed by atoms with van der Waals surface area (Å²) in [4.78, 5) is 11.8. The van der Waals surface area contributed by atoms with Crippen LogP contribution in [0.5, 0.6) is 0 Å². The summed E-state index contributed by atoms with van der Waals surface area (Å²) in [7, 11) is 3.27. The van der Waals surface area contributed by atoms with E-state index in [1.807, 2.05) is 21.1 Å². The van der Waals surface area contributed by atoms with E-state index in [2.05, 4.69) is 6.92 Å². The normalized spacial score (nSPS) is 14.7. The van der Waals surface area contributed by atoms with E-state index >= 15 is 0 Å². The summed E-state index contributed by atoms with van der Waals surface area (Å²) in [6, 6.07) is 0. The molecule has 2 atom stereocenters. The lowest BCUT2D eigenvalue weighted by molar-refractivity contribution is -0.870. The molecule has 0 aliphatic carbocycles. The Morgan fingerprint density at radius 3 is 1.58 bits per heavy atom. The lowest BCUT2D eigenvalue weighted by atomic mass is 10.0. The minimum absolute atomic E-state index is 0.0338. The maximum Gasteiger partial charge on any atom is 0.268 e. The minimum Gasteiger partial charge on any atom is -0.756 e. The first-order valence-electron chi connectivity index (χ1n) is 14.7. The topological polar surface area (TPSA) is 77.1 Å². The highest BCUT2D eigenvalue weighted by molar-refractivity contribution is 7.45. The van der Waals surface area contributed by atoms with Crippen LogP contribution >= 0.6 is 7.82 Å². The largest absolute Gasteiger partial charge is 0.756 e. The number of rotatable bonds is 28. The standard InChI is InChI=1S/C28H60NO6P/c1-6-7-8-9-10-11-12-13-14-15-16-17-18-19-20-21-24-33-27-28(32-5)22-25-34-36(30,31)35-26-23-29(2,3)4/h28H,6-27H2,1-5H3. The van der Waals surface area contributed by atoms with Gasteiger partial charge in [0.1, 0.15) is 13.2 Å². The summed E-state index contributed by atoms with van der Waals surface area (Å²) in [5, 5.41) is 0. The quantitative estimate of drug-likeness (QED) is 0.0615. The Morgan fingerprint density at radius 1 is 0.694 bits per heavy atom. The van der Waals surface area contributed by atoms with Crippen LogP contribution in [-0.2, 0) is 23.1 Å². The highest BCUT2D eigenvalue weighted by Gasteiger charge is 2.15. The molecule has 2 unspecified atom stereocenters. The van der Waals surface area contributed by atoms with Gasteiger partial charge in [-0.05, 0) is 12.8 Å². The van der Waals surface area contributed by atoms with Gasteiger partial charge in [-0.15, -0.1) is 0 Å². The smallest absolute Gasteiger partial charge is 0.268 e. The number of hydrogen-bond acceptors (Lipinski definition) is 6. The van der Waals surface area contributed by atoms with Gasteiger partial charge >= 0.3 is 0 Å². The van der Waals surface area contributed by atoms with E-state index in [0.29, 0.717) is 30.7 Å². The van der Waals surface area contributed by atoms with Crippen LogP contribution in [0.4, 0.5) is 0 Å². The summed E-state index contributed by atoms with van der Waals surface area (Å²) >= 11 is 0. The number of hydrogen-bond donors (Lipinski definition) is 0. The second-order valence-electron chi connectivity index (χ2n) is 11.2. The molecule has 0 aromatic heterocycles. The minimum atomic E-state index is -4.27. The van der Waals surface area contributed by atoms with Crippen molar-refractivity contribution in [2.24, 2.45) is 0 Å². The van der Waals surface area contributed by atoms with Gasteiger partial charge < -0.3 is 27.9 Å². The predicted octanol–water partition coefficient (Wildman–Crippen LogP) is 6.88. The van der Waals surface area contributed by atoms with Crippen molar-refractivity contribution in [2.75, 3.05) is 61.2 Å². The second kappa shape index (κ2) is 24.1. The molecule has 36 heavy (non-hydrogen) atoms. The van der Waals surface area contributed by atoms with Crippen LogP contribution in [0.1, 0.15) is 116 Å². The van der Waals surface area contributed by atoms with Crippen molar-refractivity contribution in [3.63, 3.8) is 0 Å². The molecule has 0 N–H and O–H groups in total. The van der Waals surface area contributed by atoms with Crippen LogP contribution in [-0.4, -0.2) is 71.8 Å². The van der Waals surface area contributed by atoms with E-state index in [-0.39, 0.29) is 19.3 Å². The summed E-state index contributed by atoms with van der Waals surface area (Å²) in [6.07, 6.45) is 21.9. The molecule has 0 aromatic carbocycles. The van der Waals surface area contributed by atoms with Crippen molar-refractivity contribution in [1.82, 2.24) is 0 Å². The Kier molecular flexibility index (Phi) is 24.1. The number of unbranched alkanes of at least 4 members (excludes halogenated alkanes) is 15. The molecule has 0 heterocycles. The number of nitrogens with zero attached hydrogens (tertiary/aromatic N) is 1. The molecule has 0 rings (SSSR count). The van der Waals surface area contributed by atoms with E-state index in [1.165, 1.54) is 96.3 Å². The molecule has 0 saturated carbocycles. The van der Waals surface area contributed by atoms with Gasteiger partial charge in [0.25, 0.3) is 7.82 Å². The van der Waals surface area contributed by atoms with Crippen molar-refractivity contribution in [2.45, 2.75) is 122 Å². The molecule has 0 aromatic rings. The van der Waals surface area contributed by atoms with Crippen LogP contribution in [0.2, 0.25) is 0 Å². The SMILES string of the molecule is CCCCCCCCCCCCCCCCCCOCC(CCOP(=O)([O-])OCC[N+](C)(C)C)OC. The van der Waals surface area contributed by atoms with Gasteiger partial charge in [0.05, 0.1) is 40.5 Å². The zero-order valence-corrected chi connectivity index (χ0v) is 25.4. The first-order chi connectivity index (χ1) is 17.2. The summed E-state index contributed by atoms with van der Waals surface area (Å²) in [5.74, 6) is 0. The van der Waals surface area contributed by atoms with E-state index < -0.39 is 7.82 Å². The van der Waals surface area contributed by atoms with Crippen molar-refractivity contribution in [3.8, 4) is 0 Å². The average Bonchev–Trinajstić information content (AvgIpc) is 2.81. The fourth-order valence-corrected chi connectivity index (χ4v) is 4.70. The molecule has 0 spiro atoms. The van der Waals surface area contributed by atoms with E-state index in [4.69, 9.17) is 18.5 Å². The third-order valence-electron chi connectivity index (χ3n) is 6.48. The van der Waals surface area contributed by atoms with Crippen LogP contribution in [0, 0.1) is 0 Å². The molecule has 0 radical (unpaired) electrons. The third kappa shape index (κ3) is 27.0. The third-order valence-corrected chi connectivity index (χ3v) is 7.48. The van der Waals surface area contributed by atoms with Crippen LogP contribution in [0.15, 0.2) is 0 Å². The van der Waals surface area contributed by atoms with Crippen molar-refractivity contribution in [1.29, 1.82) is 0 Å². The molecular weight excluding hydrogens is 477 g/mol. The van der Waals surface area contributed by atoms with E-state index in [0.717, 1.165) is 6.42 Å². The highest BCUT2D eigenvalue weighted by Crippen LogP contribution is 2.38. The molecule has 0 fully saturated rings. The lowest BCUT2D eigenvalue weighted by Gasteiger charge is -2.27. The number of quaternary nitrogens is 1. The highest BCUT2D eigenvalue weighted by atomic mass is 31.2. The lowest BCUT2D eigenvalue weighted by Crippen LogP contribution is -2.37. The molecule has 0 amide bonds. The number of phosphoric acid groups is 1. The molecule has 8 heteroatoms. The van der Waals surface area contributed by atoms with Crippen LogP contribution in [0.25, 0.3) is 0 Å².